The highest BCUT2D eigenvalue weighted by Gasteiger charge is 2.26. The Balaban J connectivity index is 2.16. The molecule has 0 saturated carbocycles. The van der Waals surface area contributed by atoms with Crippen molar-refractivity contribution in [2.45, 2.75) is 20.3 Å². The van der Waals surface area contributed by atoms with E-state index in [1.165, 1.54) is 0 Å². The van der Waals surface area contributed by atoms with Crippen LogP contribution in [0.15, 0.2) is 35.6 Å². The van der Waals surface area contributed by atoms with Crippen LogP contribution in [0.3, 0.4) is 0 Å². The third-order valence-electron chi connectivity index (χ3n) is 3.69. The minimum atomic E-state index is -0.345. The highest BCUT2D eigenvalue weighted by molar-refractivity contribution is 5.97. The fourth-order valence-electron chi connectivity index (χ4n) is 2.46. The van der Waals surface area contributed by atoms with Crippen molar-refractivity contribution in [3.63, 3.8) is 0 Å². The van der Waals surface area contributed by atoms with E-state index in [0.29, 0.717) is 13.0 Å². The SMILES string of the molecule is C=C1CN(CC)C/C1=C/C(=C\C)N1CCC(=O)NC1=O. The van der Waals surface area contributed by atoms with Crippen molar-refractivity contribution in [1.82, 2.24) is 15.1 Å². The van der Waals surface area contributed by atoms with E-state index in [2.05, 4.69) is 23.7 Å². The molecule has 0 aromatic rings. The third kappa shape index (κ3) is 2.99. The van der Waals surface area contributed by atoms with Crippen LogP contribution < -0.4 is 5.32 Å². The van der Waals surface area contributed by atoms with Crippen LogP contribution in [-0.4, -0.2) is 47.9 Å². The summed E-state index contributed by atoms with van der Waals surface area (Å²) in [5.74, 6) is -0.211. The Morgan fingerprint density at radius 3 is 2.70 bits per heavy atom. The number of carbonyl (C=O) groups excluding carboxylic acids is 2. The first-order valence-corrected chi connectivity index (χ1v) is 6.94. The highest BCUT2D eigenvalue weighted by Crippen LogP contribution is 2.23. The van der Waals surface area contributed by atoms with E-state index in [1.807, 2.05) is 19.1 Å². The molecule has 3 amide bonds. The van der Waals surface area contributed by atoms with E-state index in [4.69, 9.17) is 0 Å². The number of rotatable bonds is 3. The standard InChI is InChI=1S/C15H21N3O2/c1-4-13(18-7-6-14(19)16-15(18)20)8-12-10-17(5-2)9-11(12)3/h4,8H,3,5-7,9-10H2,1-2H3,(H,16,19,20)/b12-8-,13-4+. The van der Waals surface area contributed by atoms with Crippen LogP contribution in [-0.2, 0) is 4.79 Å². The lowest BCUT2D eigenvalue weighted by atomic mass is 10.1. The summed E-state index contributed by atoms with van der Waals surface area (Å²) in [7, 11) is 0. The van der Waals surface area contributed by atoms with Gasteiger partial charge >= 0.3 is 6.03 Å². The quantitative estimate of drug-likeness (QED) is 0.852. The van der Waals surface area contributed by atoms with Crippen molar-refractivity contribution in [1.29, 1.82) is 0 Å². The molecule has 0 aromatic carbocycles. The summed E-state index contributed by atoms with van der Waals surface area (Å²) >= 11 is 0. The molecule has 0 atom stereocenters. The predicted octanol–water partition coefficient (Wildman–Crippen LogP) is 1.65. The minimum absolute atomic E-state index is 0.211. The molecule has 20 heavy (non-hydrogen) atoms. The van der Waals surface area contributed by atoms with E-state index >= 15 is 0 Å². The summed E-state index contributed by atoms with van der Waals surface area (Å²) in [5.41, 5.74) is 3.08. The number of allylic oxidation sites excluding steroid dienone is 2. The molecule has 108 valence electrons. The number of carbonyl (C=O) groups is 2. The van der Waals surface area contributed by atoms with E-state index in [0.717, 1.165) is 36.5 Å². The Kier molecular flexibility index (Phi) is 4.39. The molecule has 2 aliphatic heterocycles. The molecule has 0 aliphatic carbocycles. The second-order valence-electron chi connectivity index (χ2n) is 5.04. The first-order chi connectivity index (χ1) is 9.55. The van der Waals surface area contributed by atoms with Gasteiger partial charge in [0, 0.05) is 31.8 Å². The van der Waals surface area contributed by atoms with Gasteiger partial charge in [0.1, 0.15) is 0 Å². The van der Waals surface area contributed by atoms with Crippen LogP contribution >= 0.6 is 0 Å². The smallest absolute Gasteiger partial charge is 0.295 e. The Morgan fingerprint density at radius 2 is 2.15 bits per heavy atom. The fraction of sp³-hybridized carbons (Fsp3) is 0.467. The van der Waals surface area contributed by atoms with Gasteiger partial charge in [-0.05, 0) is 30.7 Å². The van der Waals surface area contributed by atoms with Crippen LogP contribution in [0.2, 0.25) is 0 Å². The molecule has 0 radical (unpaired) electrons. The number of hydrogen-bond donors (Lipinski definition) is 1. The van der Waals surface area contributed by atoms with E-state index in [-0.39, 0.29) is 11.9 Å². The molecule has 1 N–H and O–H groups in total. The van der Waals surface area contributed by atoms with Crippen molar-refractivity contribution in [2.24, 2.45) is 0 Å². The number of urea groups is 1. The first kappa shape index (κ1) is 14.5. The molecule has 0 spiro atoms. The van der Waals surface area contributed by atoms with Gasteiger partial charge in [-0.1, -0.05) is 19.6 Å². The molecule has 0 bridgehead atoms. The maximum Gasteiger partial charge on any atom is 0.328 e. The number of likely N-dealkylation sites (N-methyl/N-ethyl adjacent to an activating group) is 1. The maximum absolute atomic E-state index is 11.9. The molecule has 2 saturated heterocycles. The minimum Gasteiger partial charge on any atom is -0.295 e. The van der Waals surface area contributed by atoms with Crippen molar-refractivity contribution in [2.75, 3.05) is 26.2 Å². The number of imide groups is 1. The van der Waals surface area contributed by atoms with E-state index in [1.54, 1.807) is 4.90 Å². The van der Waals surface area contributed by atoms with Gasteiger partial charge in [0.15, 0.2) is 0 Å². The van der Waals surface area contributed by atoms with Gasteiger partial charge in [-0.15, -0.1) is 0 Å². The molecule has 5 heteroatoms. The third-order valence-corrected chi connectivity index (χ3v) is 3.69. The summed E-state index contributed by atoms with van der Waals surface area (Å²) in [4.78, 5) is 27.0. The van der Waals surface area contributed by atoms with Crippen LogP contribution in [0.25, 0.3) is 0 Å². The normalized spacial score (nSPS) is 23.7. The Morgan fingerprint density at radius 1 is 1.40 bits per heavy atom. The Bertz CT molecular complexity index is 505. The molecule has 2 aliphatic rings. The summed E-state index contributed by atoms with van der Waals surface area (Å²) in [5, 5.41) is 2.35. The van der Waals surface area contributed by atoms with Crippen molar-refractivity contribution in [3.8, 4) is 0 Å². The second-order valence-corrected chi connectivity index (χ2v) is 5.04. The zero-order chi connectivity index (χ0) is 14.7. The largest absolute Gasteiger partial charge is 0.328 e. The summed E-state index contributed by atoms with van der Waals surface area (Å²) in [6.45, 7) is 11.3. The predicted molar refractivity (Wildman–Crippen MR) is 78.0 cm³/mol. The Hall–Kier alpha value is -1.88. The van der Waals surface area contributed by atoms with Crippen molar-refractivity contribution < 1.29 is 9.59 Å². The summed E-state index contributed by atoms with van der Waals surface area (Å²) in [6.07, 6.45) is 4.24. The number of amides is 3. The van der Waals surface area contributed by atoms with Crippen LogP contribution in [0, 0.1) is 0 Å². The zero-order valence-corrected chi connectivity index (χ0v) is 12.1. The van der Waals surface area contributed by atoms with Crippen LogP contribution in [0.1, 0.15) is 20.3 Å². The zero-order valence-electron chi connectivity index (χ0n) is 12.1. The lowest BCUT2D eigenvalue weighted by Gasteiger charge is -2.27. The fourth-order valence-corrected chi connectivity index (χ4v) is 2.46. The number of hydrogen-bond acceptors (Lipinski definition) is 3. The van der Waals surface area contributed by atoms with Gasteiger partial charge in [-0.25, -0.2) is 4.79 Å². The maximum atomic E-state index is 11.9. The second kappa shape index (κ2) is 6.05. The molecular weight excluding hydrogens is 254 g/mol. The molecule has 0 aromatic heterocycles. The monoisotopic (exact) mass is 275 g/mol. The summed E-state index contributed by atoms with van der Waals surface area (Å²) < 4.78 is 0. The average molecular weight is 275 g/mol. The molecule has 0 unspecified atom stereocenters. The van der Waals surface area contributed by atoms with Gasteiger partial charge in [0.05, 0.1) is 0 Å². The van der Waals surface area contributed by atoms with Crippen molar-refractivity contribution in [3.05, 3.63) is 35.6 Å². The Labute approximate surface area is 119 Å². The summed E-state index contributed by atoms with van der Waals surface area (Å²) in [6, 6.07) is -0.345. The molecule has 2 rings (SSSR count). The van der Waals surface area contributed by atoms with E-state index < -0.39 is 0 Å². The first-order valence-electron chi connectivity index (χ1n) is 6.94. The number of likely N-dealkylation sites (tertiary alicyclic amines) is 1. The molecular formula is C15H21N3O2. The molecule has 2 fully saturated rings. The topological polar surface area (TPSA) is 52.6 Å². The van der Waals surface area contributed by atoms with Crippen LogP contribution in [0.5, 0.6) is 0 Å². The lowest BCUT2D eigenvalue weighted by Crippen LogP contribution is -2.48. The molecule has 2 heterocycles. The van der Waals surface area contributed by atoms with Gasteiger partial charge in [-0.2, -0.15) is 0 Å². The lowest BCUT2D eigenvalue weighted by molar-refractivity contribution is -0.121. The van der Waals surface area contributed by atoms with Gasteiger partial charge in [0.2, 0.25) is 5.91 Å². The van der Waals surface area contributed by atoms with E-state index in [9.17, 15) is 9.59 Å². The van der Waals surface area contributed by atoms with Crippen molar-refractivity contribution >= 4 is 11.9 Å². The highest BCUT2D eigenvalue weighted by atomic mass is 16.2. The number of nitrogens with one attached hydrogen (secondary N) is 1. The number of nitrogens with zero attached hydrogens (tertiary/aromatic N) is 2. The molecule has 5 nitrogen and oxygen atoms in total. The van der Waals surface area contributed by atoms with Gasteiger partial charge < -0.3 is 0 Å². The van der Waals surface area contributed by atoms with Crippen LogP contribution in [0.4, 0.5) is 4.79 Å². The average Bonchev–Trinajstić information content (AvgIpc) is 2.77. The van der Waals surface area contributed by atoms with Gasteiger partial charge in [0.25, 0.3) is 0 Å². The van der Waals surface area contributed by atoms with Gasteiger partial charge in [-0.3, -0.25) is 19.9 Å².